The van der Waals surface area contributed by atoms with E-state index in [1.54, 1.807) is 17.5 Å². The molecule has 14 heavy (non-hydrogen) atoms. The Bertz CT molecular complexity index is 586. The number of rotatable bonds is 0. The fourth-order valence-corrected chi connectivity index (χ4v) is 2.54. The molecule has 0 amide bonds. The number of hydrogen-bond acceptors (Lipinski definition) is 3. The first-order valence-electron chi connectivity index (χ1n) is 3.77. The summed E-state index contributed by atoms with van der Waals surface area (Å²) in [7, 11) is 0. The third kappa shape index (κ3) is 1.24. The molecule has 4 heteroatoms. The summed E-state index contributed by atoms with van der Waals surface area (Å²) in [6.45, 7) is 0. The van der Waals surface area contributed by atoms with Gasteiger partial charge in [-0.05, 0) is 12.1 Å². The Labute approximate surface area is 89.6 Å². The number of nitrogens with zero attached hydrogens (tertiary/aromatic N) is 2. The minimum absolute atomic E-state index is 0.463. The molecule has 0 spiro atoms. The maximum atomic E-state index is 8.88. The van der Waals surface area contributed by atoms with Gasteiger partial charge < -0.3 is 0 Å². The van der Waals surface area contributed by atoms with Crippen LogP contribution in [0.4, 0.5) is 0 Å². The Morgan fingerprint density at radius 2 is 1.86 bits per heavy atom. The van der Waals surface area contributed by atoms with E-state index in [0.29, 0.717) is 21.5 Å². The summed E-state index contributed by atoms with van der Waals surface area (Å²) in [6.07, 6.45) is 0. The van der Waals surface area contributed by atoms with Crippen molar-refractivity contribution in [2.75, 3.05) is 0 Å². The van der Waals surface area contributed by atoms with E-state index in [-0.39, 0.29) is 0 Å². The molecule has 0 fully saturated rings. The second-order valence-electron chi connectivity index (χ2n) is 2.70. The zero-order chi connectivity index (χ0) is 10.1. The highest BCUT2D eigenvalue weighted by Gasteiger charge is 2.09. The minimum Gasteiger partial charge on any atom is -0.192 e. The molecule has 0 N–H and O–H groups in total. The molecule has 1 heterocycles. The lowest BCUT2D eigenvalue weighted by molar-refractivity contribution is 1.49. The number of fused-ring (bicyclic) bond motifs is 1. The van der Waals surface area contributed by atoms with E-state index in [1.165, 1.54) is 11.3 Å². The zero-order valence-electron chi connectivity index (χ0n) is 6.91. The summed E-state index contributed by atoms with van der Waals surface area (Å²) in [4.78, 5) is 0. The minimum atomic E-state index is 0.463. The molecule has 2 nitrogen and oxygen atoms in total. The summed E-state index contributed by atoms with van der Waals surface area (Å²) in [6, 6.07) is 7.45. The predicted octanol–water partition coefficient (Wildman–Crippen LogP) is 3.30. The van der Waals surface area contributed by atoms with Crippen LogP contribution in [0.1, 0.15) is 11.1 Å². The quantitative estimate of drug-likeness (QED) is 0.681. The molecule has 2 aromatic rings. The van der Waals surface area contributed by atoms with Crippen LogP contribution in [-0.2, 0) is 0 Å². The SMILES string of the molecule is N#Cc1csc2cc(Cl)cc(C#N)c12. The molecule has 0 aliphatic heterocycles. The van der Waals surface area contributed by atoms with Crippen molar-refractivity contribution < 1.29 is 0 Å². The van der Waals surface area contributed by atoms with E-state index >= 15 is 0 Å². The molecule has 66 valence electrons. The lowest BCUT2D eigenvalue weighted by Gasteiger charge is -1.95. The van der Waals surface area contributed by atoms with Crippen LogP contribution in [0.3, 0.4) is 0 Å². The van der Waals surface area contributed by atoms with E-state index in [9.17, 15) is 0 Å². The first kappa shape index (κ1) is 9.02. The van der Waals surface area contributed by atoms with Gasteiger partial charge in [-0.2, -0.15) is 10.5 Å². The summed E-state index contributed by atoms with van der Waals surface area (Å²) in [5, 5.41) is 20.7. The average molecular weight is 219 g/mol. The molecule has 0 radical (unpaired) electrons. The van der Waals surface area contributed by atoms with Crippen LogP contribution in [0.5, 0.6) is 0 Å². The van der Waals surface area contributed by atoms with Gasteiger partial charge in [-0.3, -0.25) is 0 Å². The molecule has 2 rings (SSSR count). The first-order valence-corrected chi connectivity index (χ1v) is 5.03. The number of benzene rings is 1. The molecule has 0 aliphatic carbocycles. The van der Waals surface area contributed by atoms with Gasteiger partial charge in [0.05, 0.1) is 17.2 Å². The van der Waals surface area contributed by atoms with Gasteiger partial charge in [-0.25, -0.2) is 0 Å². The molecule has 1 aromatic carbocycles. The number of nitriles is 2. The van der Waals surface area contributed by atoms with Crippen molar-refractivity contribution in [2.45, 2.75) is 0 Å². The normalized spacial score (nSPS) is 9.64. The lowest BCUT2D eigenvalue weighted by atomic mass is 10.1. The Kier molecular flexibility index (Phi) is 2.13. The van der Waals surface area contributed by atoms with Gasteiger partial charge in [0.2, 0.25) is 0 Å². The molecule has 0 unspecified atom stereocenters. The topological polar surface area (TPSA) is 47.6 Å². The van der Waals surface area contributed by atoms with Gasteiger partial charge in [0.25, 0.3) is 0 Å². The van der Waals surface area contributed by atoms with Crippen molar-refractivity contribution >= 4 is 33.0 Å². The van der Waals surface area contributed by atoms with E-state index < -0.39 is 0 Å². The average Bonchev–Trinajstić information content (AvgIpc) is 2.59. The van der Waals surface area contributed by atoms with Crippen molar-refractivity contribution in [2.24, 2.45) is 0 Å². The third-order valence-electron chi connectivity index (χ3n) is 1.88. The van der Waals surface area contributed by atoms with Crippen molar-refractivity contribution in [3.63, 3.8) is 0 Å². The smallest absolute Gasteiger partial charge is 0.101 e. The first-order chi connectivity index (χ1) is 6.76. The van der Waals surface area contributed by atoms with Gasteiger partial charge >= 0.3 is 0 Å². The monoisotopic (exact) mass is 218 g/mol. The second kappa shape index (κ2) is 3.31. The van der Waals surface area contributed by atoms with Crippen LogP contribution in [0.2, 0.25) is 5.02 Å². The zero-order valence-corrected chi connectivity index (χ0v) is 8.49. The van der Waals surface area contributed by atoms with Gasteiger partial charge in [0, 0.05) is 20.5 Å². The molecule has 0 saturated carbocycles. The highest BCUT2D eigenvalue weighted by Crippen LogP contribution is 2.31. The number of halogens is 1. The van der Waals surface area contributed by atoms with Crippen LogP contribution in [-0.4, -0.2) is 0 Å². The number of thiophene rings is 1. The largest absolute Gasteiger partial charge is 0.192 e. The molecular weight excluding hydrogens is 216 g/mol. The van der Waals surface area contributed by atoms with Crippen LogP contribution < -0.4 is 0 Å². The van der Waals surface area contributed by atoms with E-state index in [0.717, 1.165) is 4.70 Å². The van der Waals surface area contributed by atoms with Crippen LogP contribution >= 0.6 is 22.9 Å². The van der Waals surface area contributed by atoms with E-state index in [2.05, 4.69) is 6.07 Å². The molecule has 1 aromatic heterocycles. The van der Waals surface area contributed by atoms with Gasteiger partial charge in [-0.1, -0.05) is 11.6 Å². The maximum absolute atomic E-state index is 8.88. The standard InChI is InChI=1S/C10H3ClN2S/c11-8-1-6(3-12)10-7(4-13)5-14-9(10)2-8/h1-2,5H. The van der Waals surface area contributed by atoms with Crippen molar-refractivity contribution in [1.29, 1.82) is 10.5 Å². The third-order valence-corrected chi connectivity index (χ3v) is 3.03. The predicted molar refractivity (Wildman–Crippen MR) is 56.3 cm³/mol. The Hall–Kier alpha value is -1.55. The van der Waals surface area contributed by atoms with Crippen molar-refractivity contribution in [1.82, 2.24) is 0 Å². The van der Waals surface area contributed by atoms with E-state index in [4.69, 9.17) is 22.1 Å². The van der Waals surface area contributed by atoms with Crippen LogP contribution in [0.15, 0.2) is 17.5 Å². The molecule has 0 bridgehead atoms. The van der Waals surface area contributed by atoms with Gasteiger partial charge in [0.15, 0.2) is 0 Å². The highest BCUT2D eigenvalue weighted by molar-refractivity contribution is 7.17. The summed E-state index contributed by atoms with van der Waals surface area (Å²) in [5.41, 5.74) is 1.00. The molecule has 0 aliphatic rings. The fourth-order valence-electron chi connectivity index (χ4n) is 1.30. The lowest BCUT2D eigenvalue weighted by Crippen LogP contribution is -1.78. The fraction of sp³-hybridized carbons (Fsp3) is 0. The molecular formula is C10H3ClN2S. The summed E-state index contributed by atoms with van der Waals surface area (Å²) < 4.78 is 0.880. The van der Waals surface area contributed by atoms with Crippen molar-refractivity contribution in [3.05, 3.63) is 33.7 Å². The molecule has 0 saturated heterocycles. The molecule has 0 atom stereocenters. The second-order valence-corrected chi connectivity index (χ2v) is 4.05. The Morgan fingerprint density at radius 1 is 1.14 bits per heavy atom. The maximum Gasteiger partial charge on any atom is 0.101 e. The van der Waals surface area contributed by atoms with Gasteiger partial charge in [-0.15, -0.1) is 11.3 Å². The van der Waals surface area contributed by atoms with Crippen LogP contribution in [0, 0.1) is 22.7 Å². The van der Waals surface area contributed by atoms with Crippen LogP contribution in [0.25, 0.3) is 10.1 Å². The Morgan fingerprint density at radius 3 is 2.50 bits per heavy atom. The summed E-state index contributed by atoms with van der Waals surface area (Å²) >= 11 is 7.25. The number of hydrogen-bond donors (Lipinski definition) is 0. The Balaban J connectivity index is 2.96. The summed E-state index contributed by atoms with van der Waals surface area (Å²) in [5.74, 6) is 0. The van der Waals surface area contributed by atoms with Crippen molar-refractivity contribution in [3.8, 4) is 12.1 Å². The highest BCUT2D eigenvalue weighted by atomic mass is 35.5. The van der Waals surface area contributed by atoms with E-state index in [1.807, 2.05) is 6.07 Å². The van der Waals surface area contributed by atoms with Gasteiger partial charge in [0.1, 0.15) is 6.07 Å².